The summed E-state index contributed by atoms with van der Waals surface area (Å²) in [6, 6.07) is 12.1. The molecule has 0 N–H and O–H groups in total. The maximum absolute atomic E-state index is 13.4. The van der Waals surface area contributed by atoms with Crippen LogP contribution in [0.5, 0.6) is 5.75 Å². The number of pyridine rings is 2. The molecule has 3 saturated carbocycles. The summed E-state index contributed by atoms with van der Waals surface area (Å²) >= 11 is 0. The number of hydrogen-bond donors (Lipinski definition) is 0. The predicted molar refractivity (Wildman–Crippen MR) is 161 cm³/mol. The Balaban J connectivity index is 1.14. The normalized spacial score (nSPS) is 23.1. The van der Waals surface area contributed by atoms with Crippen LogP contribution < -0.4 is 9.64 Å². The van der Waals surface area contributed by atoms with Crippen molar-refractivity contribution in [3.8, 4) is 17.0 Å². The lowest BCUT2D eigenvalue weighted by molar-refractivity contribution is -0.149. The van der Waals surface area contributed by atoms with Gasteiger partial charge in [0.2, 0.25) is 0 Å². The second-order valence-corrected chi connectivity index (χ2v) is 13.1. The number of benzene rings is 1. The molecule has 10 nitrogen and oxygen atoms in total. The number of methoxy groups -OCH3 is 1. The van der Waals surface area contributed by atoms with Crippen molar-refractivity contribution in [1.29, 1.82) is 0 Å². The number of aromatic nitrogens is 4. The first-order valence-corrected chi connectivity index (χ1v) is 14.8. The highest BCUT2D eigenvalue weighted by atomic mass is 16.7. The molecule has 1 atom stereocenters. The van der Waals surface area contributed by atoms with E-state index < -0.39 is 5.60 Å². The van der Waals surface area contributed by atoms with E-state index in [4.69, 9.17) is 24.2 Å². The van der Waals surface area contributed by atoms with Gasteiger partial charge < -0.3 is 19.1 Å². The highest BCUT2D eigenvalue weighted by Gasteiger charge is 2.63. The van der Waals surface area contributed by atoms with Crippen molar-refractivity contribution >= 4 is 33.8 Å². The maximum atomic E-state index is 13.4. The molecule has 4 aliphatic rings. The molecular weight excluding hydrogens is 532 g/mol. The molecule has 4 fully saturated rings. The SMILES string of the molecule is COCOc1cc2nn(C)cc2cc1-c1ccc2nc(N3CCC(N(C(=O)OC(C)(C)C)C45CC(C4)C5)C3)ccc2n1. The molecule has 4 aromatic rings. The summed E-state index contributed by atoms with van der Waals surface area (Å²) in [5.41, 5.74) is 3.63. The van der Waals surface area contributed by atoms with E-state index in [2.05, 4.69) is 21.0 Å². The van der Waals surface area contributed by atoms with Crippen LogP contribution >= 0.6 is 0 Å². The molecule has 3 aromatic heterocycles. The van der Waals surface area contributed by atoms with Gasteiger partial charge in [-0.05, 0) is 82.7 Å². The number of carbonyl (C=O) groups excluding carboxylic acids is 1. The lowest BCUT2D eigenvalue weighted by Crippen LogP contribution is -2.72. The summed E-state index contributed by atoms with van der Waals surface area (Å²) in [6.45, 7) is 7.55. The van der Waals surface area contributed by atoms with Crippen LogP contribution in [0.3, 0.4) is 0 Å². The Kier molecular flexibility index (Phi) is 6.31. The molecule has 1 aliphatic heterocycles. The third-order valence-corrected chi connectivity index (χ3v) is 8.82. The van der Waals surface area contributed by atoms with Crippen LogP contribution in [0.15, 0.2) is 42.6 Å². The van der Waals surface area contributed by atoms with Gasteiger partial charge in [-0.3, -0.25) is 9.58 Å². The summed E-state index contributed by atoms with van der Waals surface area (Å²) in [5, 5.41) is 5.52. The molecule has 2 bridgehead atoms. The van der Waals surface area contributed by atoms with Gasteiger partial charge in [0.25, 0.3) is 0 Å². The number of amides is 1. The maximum Gasteiger partial charge on any atom is 0.411 e. The average Bonchev–Trinajstić information content (AvgIpc) is 3.52. The predicted octanol–water partition coefficient (Wildman–Crippen LogP) is 5.53. The summed E-state index contributed by atoms with van der Waals surface area (Å²) in [5.74, 6) is 2.35. The van der Waals surface area contributed by atoms with Gasteiger partial charge in [-0.25, -0.2) is 14.8 Å². The van der Waals surface area contributed by atoms with Crippen LogP contribution in [-0.4, -0.2) is 74.9 Å². The van der Waals surface area contributed by atoms with E-state index in [1.807, 2.05) is 64.3 Å². The van der Waals surface area contributed by atoms with Crippen LogP contribution in [0.4, 0.5) is 10.6 Å². The van der Waals surface area contributed by atoms with E-state index in [0.717, 1.165) is 83.7 Å². The second kappa shape index (κ2) is 9.83. The molecule has 0 spiro atoms. The average molecular weight is 571 g/mol. The van der Waals surface area contributed by atoms with Gasteiger partial charge in [-0.2, -0.15) is 5.10 Å². The smallest absolute Gasteiger partial charge is 0.411 e. The molecule has 220 valence electrons. The van der Waals surface area contributed by atoms with Gasteiger partial charge in [0.15, 0.2) is 6.79 Å². The number of fused-ring (bicyclic) bond motifs is 2. The summed E-state index contributed by atoms with van der Waals surface area (Å²) in [4.78, 5) is 27.7. The van der Waals surface area contributed by atoms with Gasteiger partial charge >= 0.3 is 6.09 Å². The Hall–Kier alpha value is -3.92. The quantitative estimate of drug-likeness (QED) is 0.268. The topological polar surface area (TPSA) is 94.8 Å². The summed E-state index contributed by atoms with van der Waals surface area (Å²) < 4.78 is 18.7. The first kappa shape index (κ1) is 26.9. The minimum atomic E-state index is -0.511. The van der Waals surface area contributed by atoms with E-state index >= 15 is 0 Å². The van der Waals surface area contributed by atoms with Crippen LogP contribution in [-0.2, 0) is 16.5 Å². The fraction of sp³-hybridized carbons (Fsp3) is 0.500. The van der Waals surface area contributed by atoms with Crippen molar-refractivity contribution in [3.63, 3.8) is 0 Å². The third kappa shape index (κ3) is 4.71. The zero-order chi connectivity index (χ0) is 29.2. The molecular formula is C32H38N6O4. The summed E-state index contributed by atoms with van der Waals surface area (Å²) in [6.07, 6.45) is 6.04. The molecule has 1 aromatic carbocycles. The van der Waals surface area contributed by atoms with Gasteiger partial charge in [0.05, 0.1) is 28.3 Å². The van der Waals surface area contributed by atoms with Crippen LogP contribution in [0, 0.1) is 5.92 Å². The third-order valence-electron chi connectivity index (χ3n) is 8.82. The fourth-order valence-corrected chi connectivity index (χ4v) is 6.87. The highest BCUT2D eigenvalue weighted by Crippen LogP contribution is 2.61. The molecule has 42 heavy (non-hydrogen) atoms. The molecule has 1 unspecified atom stereocenters. The van der Waals surface area contributed by atoms with E-state index in [1.165, 1.54) is 0 Å². The fourth-order valence-electron chi connectivity index (χ4n) is 6.87. The number of ether oxygens (including phenoxy) is 3. The highest BCUT2D eigenvalue weighted by molar-refractivity contribution is 5.89. The number of hydrogen-bond acceptors (Lipinski definition) is 8. The van der Waals surface area contributed by atoms with E-state index in [1.54, 1.807) is 11.8 Å². The first-order valence-electron chi connectivity index (χ1n) is 14.8. The Morgan fingerprint density at radius 3 is 2.55 bits per heavy atom. The molecule has 4 heterocycles. The molecule has 1 amide bonds. The number of nitrogens with zero attached hydrogens (tertiary/aromatic N) is 6. The van der Waals surface area contributed by atoms with E-state index in [0.29, 0.717) is 5.75 Å². The lowest BCUT2D eigenvalue weighted by Gasteiger charge is -2.67. The number of rotatable bonds is 7. The van der Waals surface area contributed by atoms with Crippen LogP contribution in [0.2, 0.25) is 0 Å². The first-order chi connectivity index (χ1) is 20.1. The summed E-state index contributed by atoms with van der Waals surface area (Å²) in [7, 11) is 3.50. The molecule has 3 aliphatic carbocycles. The van der Waals surface area contributed by atoms with Crippen molar-refractivity contribution in [3.05, 3.63) is 42.6 Å². The van der Waals surface area contributed by atoms with Crippen molar-refractivity contribution in [1.82, 2.24) is 24.6 Å². The van der Waals surface area contributed by atoms with Crippen LogP contribution in [0.25, 0.3) is 33.2 Å². The Morgan fingerprint density at radius 1 is 1.07 bits per heavy atom. The largest absolute Gasteiger partial charge is 0.467 e. The van der Waals surface area contributed by atoms with Gasteiger partial charge in [0, 0.05) is 56.0 Å². The molecule has 1 saturated heterocycles. The Morgan fingerprint density at radius 2 is 1.83 bits per heavy atom. The van der Waals surface area contributed by atoms with Crippen molar-refractivity contribution in [2.45, 2.75) is 63.6 Å². The lowest BCUT2D eigenvalue weighted by atomic mass is 9.49. The molecule has 10 heteroatoms. The molecule has 8 rings (SSSR count). The standard InChI is InChI=1S/C32H38N6O4/c1-31(2,3)42-30(39)38(32-14-20(15-32)16-32)22-10-11-37(18-22)29-9-8-25-26(34-29)7-6-24(33-25)23-12-21-17-36(4)35-27(21)13-28(23)41-19-40-5/h6-9,12-13,17,20,22H,10-11,14-16,18-19H2,1-5H3. The van der Waals surface area contributed by atoms with Crippen LogP contribution in [0.1, 0.15) is 46.5 Å². The zero-order valence-electron chi connectivity index (χ0n) is 25.0. The Bertz CT molecular complexity index is 1660. The minimum Gasteiger partial charge on any atom is -0.467 e. The monoisotopic (exact) mass is 570 g/mol. The minimum absolute atomic E-state index is 0.00451. The van der Waals surface area contributed by atoms with E-state index in [-0.39, 0.29) is 24.5 Å². The second-order valence-electron chi connectivity index (χ2n) is 13.1. The molecule has 0 radical (unpaired) electrons. The number of aryl methyl sites for hydroxylation is 1. The Labute approximate surface area is 245 Å². The van der Waals surface area contributed by atoms with Gasteiger partial charge in [-0.15, -0.1) is 0 Å². The zero-order valence-corrected chi connectivity index (χ0v) is 25.0. The van der Waals surface area contributed by atoms with Crippen molar-refractivity contribution in [2.75, 3.05) is 31.9 Å². The van der Waals surface area contributed by atoms with Gasteiger partial charge in [0.1, 0.15) is 17.2 Å². The van der Waals surface area contributed by atoms with Crippen molar-refractivity contribution in [2.24, 2.45) is 13.0 Å². The van der Waals surface area contributed by atoms with E-state index in [9.17, 15) is 4.79 Å². The van der Waals surface area contributed by atoms with Crippen molar-refractivity contribution < 1.29 is 19.0 Å². The number of anilines is 1. The number of carbonyl (C=O) groups is 1. The van der Waals surface area contributed by atoms with Gasteiger partial charge in [-0.1, -0.05) is 0 Å².